The Bertz CT molecular complexity index is 6310. The second-order valence-corrected chi connectivity index (χ2v) is 27.5. The molecule has 0 bridgehead atoms. The minimum atomic E-state index is -1.36. The summed E-state index contributed by atoms with van der Waals surface area (Å²) in [5.41, 5.74) is 0. The summed E-state index contributed by atoms with van der Waals surface area (Å²) < 4.78 is 160. The van der Waals surface area contributed by atoms with Crippen LogP contribution < -0.4 is 133 Å². The van der Waals surface area contributed by atoms with Crippen LogP contribution in [0.1, 0.15) is 145 Å². The topological polar surface area (TPSA) is 617 Å². The Kier molecular flexibility index (Phi) is 35.0. The zero-order chi connectivity index (χ0) is 103. The van der Waals surface area contributed by atoms with Crippen molar-refractivity contribution in [3.8, 4) is 201 Å². The van der Waals surface area contributed by atoms with Crippen LogP contribution in [0.15, 0.2) is 78.9 Å². The molecule has 8 aromatic rings. The average Bonchev–Trinajstić information content (AvgIpc) is 0.762. The SMILES string of the molecule is CC(=O)Oc1cc(OC(C)=O)c(Oc2cc(OC(C)=O)c(Oc3cc(OC(C)=O)c(OC(C)=O)c(OC(C)=O)c3Oc3cc(OC(C)=O)c(Oc4cc(OC(C)=O)c(OC(C)=O)c(OC(C)=O)c4Oc4cc(OC(C)=O)c(Oc5cc(OC(C)=O)c(OC(C)=O)c(OC(C)=O)c5Oc5cc(OC(C)=O)c(OC(C)=O)c(OC(C)=O)c5)c(OC(C)=O)c4)c(OC(C)=O)c3)c(OC(C)=O)c2)c(OC(C)=O)c1. The summed E-state index contributed by atoms with van der Waals surface area (Å²) in [6, 6.07) is 10.0. The van der Waals surface area contributed by atoms with Crippen LogP contribution in [-0.2, 0) is 101 Å². The molecule has 730 valence electrons. The van der Waals surface area contributed by atoms with E-state index < -0.39 is 321 Å². The quantitative estimate of drug-likeness (QED) is 0.0263. The molecule has 0 saturated heterocycles. The lowest BCUT2D eigenvalue weighted by Gasteiger charge is -2.24. The molecule has 0 fully saturated rings. The molecule has 0 atom stereocenters. The molecule has 0 spiro atoms. The van der Waals surface area contributed by atoms with Gasteiger partial charge in [0.25, 0.3) is 0 Å². The van der Waals surface area contributed by atoms with E-state index in [9.17, 15) is 101 Å². The van der Waals surface area contributed by atoms with E-state index in [2.05, 4.69) is 0 Å². The highest BCUT2D eigenvalue weighted by atomic mass is 16.7. The summed E-state index contributed by atoms with van der Waals surface area (Å²) in [7, 11) is 0. The van der Waals surface area contributed by atoms with Gasteiger partial charge in [0.2, 0.25) is 80.5 Å². The number of hydrogen-bond donors (Lipinski definition) is 0. The van der Waals surface area contributed by atoms with E-state index in [1.54, 1.807) is 0 Å². The van der Waals surface area contributed by atoms with Crippen molar-refractivity contribution < 1.29 is 233 Å². The van der Waals surface area contributed by atoms with Crippen molar-refractivity contribution in [2.45, 2.75) is 145 Å². The number of hydrogen-bond acceptors (Lipinski definition) is 49. The molecule has 49 heteroatoms. The van der Waals surface area contributed by atoms with Gasteiger partial charge in [-0.1, -0.05) is 0 Å². The third-order valence-corrected chi connectivity index (χ3v) is 15.1. The van der Waals surface area contributed by atoms with Crippen LogP contribution in [0.2, 0.25) is 0 Å². The second-order valence-electron chi connectivity index (χ2n) is 27.5. The third-order valence-electron chi connectivity index (χ3n) is 15.1. The molecule has 0 N–H and O–H groups in total. The maximum Gasteiger partial charge on any atom is 0.308 e. The zero-order valence-corrected chi connectivity index (χ0v) is 76.5. The first kappa shape index (κ1) is 106. The zero-order valence-electron chi connectivity index (χ0n) is 76.5. The van der Waals surface area contributed by atoms with Gasteiger partial charge in [-0.25, -0.2) is 0 Å². The number of carbonyl (C=O) groups excluding carboxylic acids is 21. The lowest BCUT2D eigenvalue weighted by molar-refractivity contribution is -0.135. The molecule has 0 aliphatic rings. The molecule has 8 aromatic carbocycles. The lowest BCUT2D eigenvalue weighted by Crippen LogP contribution is -2.13. The molecule has 8 rings (SSSR count). The van der Waals surface area contributed by atoms with E-state index in [-0.39, 0.29) is 5.75 Å². The summed E-state index contributed by atoms with van der Waals surface area (Å²) in [5, 5.41) is 0. The van der Waals surface area contributed by atoms with Gasteiger partial charge in [0.15, 0.2) is 92.0 Å². The van der Waals surface area contributed by atoms with Gasteiger partial charge in [-0.15, -0.1) is 0 Å². The third kappa shape index (κ3) is 30.1. The largest absolute Gasteiger partial charge is 0.449 e. The standard InChI is InChI=1S/C90H76O49/c1-35(91)112-56-22-63(115-38(4)94)78(64(23-56)116-39(5)95)133-57-24-65(117-40(6)96)79(66(25-57)118-41(7)97)137-75-33-72(124-47(13)103)83(128-51(17)107)89(131-54(20)110)86(75)135-59-28-69(121-44(10)100)81(70(29-59)122-45(11)101)139-76-34-73(125-48(14)104)84(129-52(18)108)90(132-55(21)111)87(76)136-60-30-67(119-42(8)98)80(68(31-60)120-43(9)99)138-74-32-71(123-46(12)102)82(127-50(16)106)88(130-53(19)109)85(74)134-58-26-61(113-36(2)92)77(126-49(15)105)62(27-58)114-37(3)93/h22-34H,1-21H3. The molecule has 0 amide bonds. The predicted octanol–water partition coefficient (Wildman–Crippen LogP) is 12.7. The van der Waals surface area contributed by atoms with Gasteiger partial charge in [0.1, 0.15) is 28.7 Å². The monoisotopic (exact) mass is 1940 g/mol. The Morgan fingerprint density at radius 1 is 0.108 bits per heavy atom. The van der Waals surface area contributed by atoms with Crippen LogP contribution in [0.4, 0.5) is 0 Å². The summed E-state index contributed by atoms with van der Waals surface area (Å²) in [6.07, 6.45) is 0. The van der Waals surface area contributed by atoms with Crippen molar-refractivity contribution in [2.24, 2.45) is 0 Å². The number of rotatable bonds is 35. The van der Waals surface area contributed by atoms with E-state index in [1.807, 2.05) is 0 Å². The first-order chi connectivity index (χ1) is 65.1. The molecule has 0 aliphatic heterocycles. The predicted molar refractivity (Wildman–Crippen MR) is 450 cm³/mol. The van der Waals surface area contributed by atoms with Gasteiger partial charge in [-0.05, 0) is 0 Å². The summed E-state index contributed by atoms with van der Waals surface area (Å²) >= 11 is 0. The Balaban J connectivity index is 1.47. The van der Waals surface area contributed by atoms with Gasteiger partial charge < -0.3 is 133 Å². The molecule has 0 unspecified atom stereocenters. The van der Waals surface area contributed by atoms with E-state index in [0.29, 0.717) is 42.5 Å². The minimum Gasteiger partial charge on any atom is -0.449 e. The first-order valence-electron chi connectivity index (χ1n) is 39.2. The maximum atomic E-state index is 13.7. The molecule has 0 saturated carbocycles. The van der Waals surface area contributed by atoms with E-state index in [0.717, 1.165) is 182 Å². The summed E-state index contributed by atoms with van der Waals surface area (Å²) in [4.78, 5) is 275. The Labute approximate surface area is 781 Å². The van der Waals surface area contributed by atoms with Crippen molar-refractivity contribution >= 4 is 125 Å². The molecule has 0 aromatic heterocycles. The van der Waals surface area contributed by atoms with Crippen molar-refractivity contribution in [1.82, 2.24) is 0 Å². The van der Waals surface area contributed by atoms with Crippen LogP contribution in [0, 0.1) is 0 Å². The molecule has 0 heterocycles. The normalized spacial score (nSPS) is 10.4. The highest BCUT2D eigenvalue weighted by Crippen LogP contribution is 2.62. The van der Waals surface area contributed by atoms with Crippen molar-refractivity contribution in [3.05, 3.63) is 78.9 Å². The molecular weight excluding hydrogens is 1860 g/mol. The number of carbonyl (C=O) groups is 21. The second kappa shape index (κ2) is 46.1. The Morgan fingerprint density at radius 3 is 0.396 bits per heavy atom. The number of esters is 21. The molecule has 139 heavy (non-hydrogen) atoms. The van der Waals surface area contributed by atoms with Gasteiger partial charge in [0.05, 0.1) is 0 Å². The van der Waals surface area contributed by atoms with E-state index in [1.165, 1.54) is 0 Å². The van der Waals surface area contributed by atoms with Gasteiger partial charge in [-0.2, -0.15) is 0 Å². The van der Waals surface area contributed by atoms with Gasteiger partial charge >= 0.3 is 125 Å². The van der Waals surface area contributed by atoms with Crippen molar-refractivity contribution in [3.63, 3.8) is 0 Å². The fourth-order valence-corrected chi connectivity index (χ4v) is 11.3. The molecule has 49 nitrogen and oxygen atoms in total. The Morgan fingerprint density at radius 2 is 0.230 bits per heavy atom. The van der Waals surface area contributed by atoms with Crippen LogP contribution >= 0.6 is 0 Å². The highest BCUT2D eigenvalue weighted by Gasteiger charge is 2.39. The molecular formula is C90H76O49. The molecule has 0 radical (unpaired) electrons. The highest BCUT2D eigenvalue weighted by molar-refractivity contribution is 5.89. The van der Waals surface area contributed by atoms with Gasteiger partial charge in [-0.3, -0.25) is 101 Å². The maximum absolute atomic E-state index is 13.7. The lowest BCUT2D eigenvalue weighted by atomic mass is 10.2. The van der Waals surface area contributed by atoms with Crippen LogP contribution in [0.25, 0.3) is 0 Å². The van der Waals surface area contributed by atoms with E-state index in [4.69, 9.17) is 133 Å². The minimum absolute atomic E-state index is 0.372. The summed E-state index contributed by atoms with van der Waals surface area (Å²) in [5.74, 6) is -56.6. The average molecular weight is 1940 g/mol. The fraction of sp³-hybridized carbons (Fsp3) is 0.233. The van der Waals surface area contributed by atoms with Gasteiger partial charge in [0, 0.05) is 224 Å². The van der Waals surface area contributed by atoms with Crippen LogP contribution in [0.5, 0.6) is 201 Å². The Hall–Kier alpha value is -18.8. The van der Waals surface area contributed by atoms with E-state index >= 15 is 0 Å². The van der Waals surface area contributed by atoms with Crippen LogP contribution in [-0.4, -0.2) is 125 Å². The smallest absolute Gasteiger partial charge is 0.308 e. The fourth-order valence-electron chi connectivity index (χ4n) is 11.3. The number of benzene rings is 8. The molecule has 0 aliphatic carbocycles. The van der Waals surface area contributed by atoms with Crippen LogP contribution in [0.3, 0.4) is 0 Å². The first-order valence-corrected chi connectivity index (χ1v) is 39.2. The summed E-state index contributed by atoms with van der Waals surface area (Å²) in [6.45, 7) is 17.7. The number of ether oxygens (including phenoxy) is 28. The van der Waals surface area contributed by atoms with Crippen molar-refractivity contribution in [1.29, 1.82) is 0 Å². The van der Waals surface area contributed by atoms with Crippen molar-refractivity contribution in [2.75, 3.05) is 0 Å².